The van der Waals surface area contributed by atoms with E-state index in [9.17, 15) is 13.2 Å². The van der Waals surface area contributed by atoms with Gasteiger partial charge in [-0.25, -0.2) is 4.98 Å². The summed E-state index contributed by atoms with van der Waals surface area (Å²) >= 11 is 0. The summed E-state index contributed by atoms with van der Waals surface area (Å²) in [4.78, 5) is 9.67. The minimum absolute atomic E-state index is 0.116. The number of anilines is 4. The standard InChI is InChI=1S/C22H23F3N4O2/c1-4-30-17-10-6-15(7-11-17)27-20-19(22(23,24)25)14-26-21(28-20)29(3)16-8-12-18(13-9-16)31-5-2/h6-14H,4-5H2,1-3H3,(H,26,27,28). The van der Waals surface area contributed by atoms with E-state index in [0.29, 0.717) is 36.1 Å². The largest absolute Gasteiger partial charge is 0.494 e. The summed E-state index contributed by atoms with van der Waals surface area (Å²) in [6, 6.07) is 13.7. The Morgan fingerprint density at radius 2 is 1.45 bits per heavy atom. The monoisotopic (exact) mass is 432 g/mol. The zero-order valence-corrected chi connectivity index (χ0v) is 17.4. The maximum Gasteiger partial charge on any atom is 0.421 e. The Hall–Kier alpha value is -3.49. The molecule has 0 aliphatic rings. The summed E-state index contributed by atoms with van der Waals surface area (Å²) in [5.41, 5.74) is 0.197. The summed E-state index contributed by atoms with van der Waals surface area (Å²) in [5, 5.41) is 2.75. The normalized spacial score (nSPS) is 11.2. The van der Waals surface area contributed by atoms with Crippen LogP contribution in [0.2, 0.25) is 0 Å². The van der Waals surface area contributed by atoms with Crippen LogP contribution in [-0.2, 0) is 6.18 Å². The van der Waals surface area contributed by atoms with E-state index in [1.54, 1.807) is 60.5 Å². The molecule has 0 fully saturated rings. The third-order valence-corrected chi connectivity index (χ3v) is 4.34. The van der Waals surface area contributed by atoms with Crippen molar-refractivity contribution < 1.29 is 22.6 Å². The minimum atomic E-state index is -4.61. The van der Waals surface area contributed by atoms with Gasteiger partial charge in [-0.2, -0.15) is 18.2 Å². The third-order valence-electron chi connectivity index (χ3n) is 4.34. The Morgan fingerprint density at radius 1 is 0.903 bits per heavy atom. The second kappa shape index (κ2) is 9.55. The second-order valence-corrected chi connectivity index (χ2v) is 6.50. The molecule has 6 nitrogen and oxygen atoms in total. The number of nitrogens with one attached hydrogen (secondary N) is 1. The van der Waals surface area contributed by atoms with Gasteiger partial charge in [-0.15, -0.1) is 0 Å². The van der Waals surface area contributed by atoms with Crippen LogP contribution in [0.5, 0.6) is 11.5 Å². The third kappa shape index (κ3) is 5.56. The van der Waals surface area contributed by atoms with Gasteiger partial charge in [0.1, 0.15) is 22.9 Å². The molecular weight excluding hydrogens is 409 g/mol. The molecule has 0 aliphatic heterocycles. The summed E-state index contributed by atoms with van der Waals surface area (Å²) in [5.74, 6) is 1.11. The minimum Gasteiger partial charge on any atom is -0.494 e. The Balaban J connectivity index is 1.90. The average molecular weight is 432 g/mol. The smallest absolute Gasteiger partial charge is 0.421 e. The molecule has 31 heavy (non-hydrogen) atoms. The predicted molar refractivity (Wildman–Crippen MR) is 114 cm³/mol. The van der Waals surface area contributed by atoms with Crippen molar-refractivity contribution in [3.8, 4) is 11.5 Å². The molecule has 3 aromatic rings. The molecule has 2 aromatic carbocycles. The van der Waals surface area contributed by atoms with Crippen LogP contribution in [0, 0.1) is 0 Å². The lowest BCUT2D eigenvalue weighted by molar-refractivity contribution is -0.137. The van der Waals surface area contributed by atoms with Gasteiger partial charge < -0.3 is 19.7 Å². The number of ether oxygens (including phenoxy) is 2. The highest BCUT2D eigenvalue weighted by Gasteiger charge is 2.35. The first kappa shape index (κ1) is 22.2. The first-order valence-corrected chi connectivity index (χ1v) is 9.72. The number of alkyl halides is 3. The SMILES string of the molecule is CCOc1ccc(Nc2nc(N(C)c3ccc(OCC)cc3)ncc2C(F)(F)F)cc1. The van der Waals surface area contributed by atoms with Crippen LogP contribution in [0.3, 0.4) is 0 Å². The van der Waals surface area contributed by atoms with Gasteiger partial charge in [0.25, 0.3) is 0 Å². The number of aromatic nitrogens is 2. The van der Waals surface area contributed by atoms with Crippen LogP contribution in [0.15, 0.2) is 54.7 Å². The summed E-state index contributed by atoms with van der Waals surface area (Å²) in [7, 11) is 1.68. The molecule has 0 aliphatic carbocycles. The number of nitrogens with zero attached hydrogens (tertiary/aromatic N) is 3. The van der Waals surface area contributed by atoms with E-state index in [1.807, 2.05) is 13.8 Å². The van der Waals surface area contributed by atoms with Crippen LogP contribution in [0.1, 0.15) is 19.4 Å². The summed E-state index contributed by atoms with van der Waals surface area (Å²) in [6.45, 7) is 4.77. The van der Waals surface area contributed by atoms with E-state index in [0.717, 1.165) is 6.20 Å². The quantitative estimate of drug-likeness (QED) is 0.485. The highest BCUT2D eigenvalue weighted by Crippen LogP contribution is 2.36. The van der Waals surface area contributed by atoms with Crippen molar-refractivity contribution in [3.05, 3.63) is 60.3 Å². The number of rotatable bonds is 8. The van der Waals surface area contributed by atoms with Crippen molar-refractivity contribution in [3.63, 3.8) is 0 Å². The molecule has 164 valence electrons. The van der Waals surface area contributed by atoms with Gasteiger partial charge in [0.2, 0.25) is 5.95 Å². The van der Waals surface area contributed by atoms with Crippen molar-refractivity contribution >= 4 is 23.1 Å². The summed E-state index contributed by atoms with van der Waals surface area (Å²) in [6.07, 6.45) is -3.83. The lowest BCUT2D eigenvalue weighted by atomic mass is 10.2. The highest BCUT2D eigenvalue weighted by molar-refractivity contribution is 5.64. The zero-order valence-electron chi connectivity index (χ0n) is 17.4. The fourth-order valence-electron chi connectivity index (χ4n) is 2.82. The number of halogens is 3. The van der Waals surface area contributed by atoms with Crippen LogP contribution in [0.25, 0.3) is 0 Å². The molecular formula is C22H23F3N4O2. The van der Waals surface area contributed by atoms with Crippen LogP contribution < -0.4 is 19.7 Å². The van der Waals surface area contributed by atoms with Gasteiger partial charge in [0.15, 0.2) is 0 Å². The molecule has 0 saturated carbocycles. The van der Waals surface area contributed by atoms with E-state index in [4.69, 9.17) is 9.47 Å². The number of hydrogen-bond acceptors (Lipinski definition) is 6. The number of benzene rings is 2. The van der Waals surface area contributed by atoms with Crippen LogP contribution in [0.4, 0.5) is 36.3 Å². The van der Waals surface area contributed by atoms with E-state index in [2.05, 4.69) is 15.3 Å². The van der Waals surface area contributed by atoms with Crippen LogP contribution >= 0.6 is 0 Å². The Bertz CT molecular complexity index is 993. The average Bonchev–Trinajstić information content (AvgIpc) is 2.75. The van der Waals surface area contributed by atoms with Crippen molar-refractivity contribution in [1.29, 1.82) is 0 Å². The molecule has 9 heteroatoms. The van der Waals surface area contributed by atoms with E-state index >= 15 is 0 Å². The van der Waals surface area contributed by atoms with Gasteiger partial charge >= 0.3 is 6.18 Å². The molecule has 0 spiro atoms. The van der Waals surface area contributed by atoms with Gasteiger partial charge in [0.05, 0.1) is 13.2 Å². The fourth-order valence-corrected chi connectivity index (χ4v) is 2.82. The van der Waals surface area contributed by atoms with Gasteiger partial charge in [-0.3, -0.25) is 0 Å². The molecule has 0 saturated heterocycles. The molecule has 0 unspecified atom stereocenters. The van der Waals surface area contributed by atoms with Crippen molar-refractivity contribution in [2.24, 2.45) is 0 Å². The first-order chi connectivity index (χ1) is 14.8. The van der Waals surface area contributed by atoms with Gasteiger partial charge in [-0.1, -0.05) is 0 Å². The number of hydrogen-bond donors (Lipinski definition) is 1. The van der Waals surface area contributed by atoms with Gasteiger partial charge in [0, 0.05) is 24.6 Å². The first-order valence-electron chi connectivity index (χ1n) is 9.72. The predicted octanol–water partition coefficient (Wildman–Crippen LogP) is 5.80. The molecule has 1 N–H and O–H groups in total. The molecule has 0 bridgehead atoms. The lowest BCUT2D eigenvalue weighted by Crippen LogP contribution is -2.17. The zero-order chi connectivity index (χ0) is 22.4. The van der Waals surface area contributed by atoms with Crippen molar-refractivity contribution in [2.75, 3.05) is 30.5 Å². The topological polar surface area (TPSA) is 59.5 Å². The molecule has 0 radical (unpaired) electrons. The maximum absolute atomic E-state index is 13.5. The van der Waals surface area contributed by atoms with E-state index < -0.39 is 11.7 Å². The van der Waals surface area contributed by atoms with Gasteiger partial charge in [-0.05, 0) is 62.4 Å². The molecule has 1 aromatic heterocycles. The van der Waals surface area contributed by atoms with Crippen molar-refractivity contribution in [2.45, 2.75) is 20.0 Å². The molecule has 0 atom stereocenters. The highest BCUT2D eigenvalue weighted by atomic mass is 19.4. The lowest BCUT2D eigenvalue weighted by Gasteiger charge is -2.20. The van der Waals surface area contributed by atoms with E-state index in [1.165, 1.54) is 0 Å². The molecule has 3 rings (SSSR count). The Labute approximate surface area is 178 Å². The van der Waals surface area contributed by atoms with Crippen molar-refractivity contribution in [1.82, 2.24) is 9.97 Å². The Kier molecular flexibility index (Phi) is 6.84. The van der Waals surface area contributed by atoms with Crippen LogP contribution in [-0.4, -0.2) is 30.2 Å². The van der Waals surface area contributed by atoms with E-state index in [-0.39, 0.29) is 11.8 Å². The molecule has 0 amide bonds. The summed E-state index contributed by atoms with van der Waals surface area (Å²) < 4.78 is 51.3. The fraction of sp³-hybridized carbons (Fsp3) is 0.273. The molecule has 1 heterocycles. The second-order valence-electron chi connectivity index (χ2n) is 6.50. The Morgan fingerprint density at radius 3 is 1.97 bits per heavy atom. The maximum atomic E-state index is 13.5.